The molecular weight excluding hydrogens is 262 g/mol. The van der Waals surface area contributed by atoms with E-state index in [2.05, 4.69) is 5.32 Å². The summed E-state index contributed by atoms with van der Waals surface area (Å²) >= 11 is 0. The fourth-order valence-electron chi connectivity index (χ4n) is 1.72. The minimum atomic E-state index is -0.962. The molecule has 3 N–H and O–H groups in total. The van der Waals surface area contributed by atoms with Crippen molar-refractivity contribution in [1.29, 1.82) is 0 Å². The molecule has 0 aliphatic heterocycles. The van der Waals surface area contributed by atoms with E-state index >= 15 is 0 Å². The van der Waals surface area contributed by atoms with E-state index in [1.54, 1.807) is 20.8 Å². The molecular formula is C14H27NO5. The molecule has 0 bridgehead atoms. The maximum atomic E-state index is 11.7. The molecule has 0 aliphatic rings. The van der Waals surface area contributed by atoms with Crippen LogP contribution in [0.2, 0.25) is 0 Å². The quantitative estimate of drug-likeness (QED) is 0.637. The fourth-order valence-corrected chi connectivity index (χ4v) is 1.72. The molecule has 0 rings (SSSR count). The maximum absolute atomic E-state index is 11.7. The number of unbranched alkanes of at least 4 members (excludes halogenated alkanes) is 1. The summed E-state index contributed by atoms with van der Waals surface area (Å²) in [6.45, 7) is 7.28. The third-order valence-corrected chi connectivity index (χ3v) is 2.69. The van der Waals surface area contributed by atoms with Crippen molar-refractivity contribution >= 4 is 12.1 Å². The highest BCUT2D eigenvalue weighted by atomic mass is 16.6. The SMILES string of the molecule is CCCC[C@@H](NC(=O)OC(C)(C)C)[C@H](O)CCC(=O)O. The molecule has 6 heteroatoms. The van der Waals surface area contributed by atoms with Crippen LogP contribution in [0, 0.1) is 0 Å². The number of rotatable bonds is 8. The Bertz CT molecular complexity index is 311. The number of carboxylic acid groups (broad SMARTS) is 1. The van der Waals surface area contributed by atoms with Gasteiger partial charge in [-0.25, -0.2) is 4.79 Å². The molecule has 0 spiro atoms. The van der Waals surface area contributed by atoms with E-state index < -0.39 is 29.8 Å². The predicted octanol–water partition coefficient (Wildman–Crippen LogP) is 2.30. The summed E-state index contributed by atoms with van der Waals surface area (Å²) in [6, 6.07) is -0.482. The molecule has 0 aromatic heterocycles. The number of carboxylic acids is 1. The van der Waals surface area contributed by atoms with Crippen molar-refractivity contribution in [1.82, 2.24) is 5.32 Å². The van der Waals surface area contributed by atoms with Gasteiger partial charge in [0.2, 0.25) is 0 Å². The van der Waals surface area contributed by atoms with Crippen LogP contribution in [0.3, 0.4) is 0 Å². The number of carbonyl (C=O) groups excluding carboxylic acids is 1. The topological polar surface area (TPSA) is 95.9 Å². The first-order valence-corrected chi connectivity index (χ1v) is 7.05. The van der Waals surface area contributed by atoms with Crippen LogP contribution in [-0.2, 0) is 9.53 Å². The fraction of sp³-hybridized carbons (Fsp3) is 0.857. The third-order valence-electron chi connectivity index (χ3n) is 2.69. The number of alkyl carbamates (subject to hydrolysis) is 1. The van der Waals surface area contributed by atoms with Gasteiger partial charge < -0.3 is 20.3 Å². The molecule has 20 heavy (non-hydrogen) atoms. The summed E-state index contributed by atoms with van der Waals surface area (Å²) in [7, 11) is 0. The molecule has 1 amide bonds. The minimum absolute atomic E-state index is 0.111. The molecule has 0 saturated carbocycles. The van der Waals surface area contributed by atoms with Crippen molar-refractivity contribution in [3.05, 3.63) is 0 Å². The molecule has 0 heterocycles. The number of hydrogen-bond acceptors (Lipinski definition) is 4. The van der Waals surface area contributed by atoms with E-state index in [0.717, 1.165) is 12.8 Å². The summed E-state index contributed by atoms with van der Waals surface area (Å²) in [6.07, 6.45) is 0.872. The minimum Gasteiger partial charge on any atom is -0.481 e. The van der Waals surface area contributed by atoms with Crippen molar-refractivity contribution < 1.29 is 24.5 Å². The van der Waals surface area contributed by atoms with E-state index in [1.807, 2.05) is 6.92 Å². The molecule has 118 valence electrons. The van der Waals surface area contributed by atoms with Crippen LogP contribution in [0.25, 0.3) is 0 Å². The maximum Gasteiger partial charge on any atom is 0.407 e. The van der Waals surface area contributed by atoms with Gasteiger partial charge in [-0.15, -0.1) is 0 Å². The molecule has 0 aliphatic carbocycles. The van der Waals surface area contributed by atoms with E-state index in [1.165, 1.54) is 0 Å². The van der Waals surface area contributed by atoms with Crippen molar-refractivity contribution in [2.45, 2.75) is 77.5 Å². The normalized spacial score (nSPS) is 14.4. The summed E-state index contributed by atoms with van der Waals surface area (Å²) in [5.74, 6) is -0.962. The zero-order chi connectivity index (χ0) is 15.8. The van der Waals surface area contributed by atoms with E-state index in [4.69, 9.17) is 9.84 Å². The van der Waals surface area contributed by atoms with Crippen LogP contribution < -0.4 is 5.32 Å². The van der Waals surface area contributed by atoms with Gasteiger partial charge in [0.25, 0.3) is 0 Å². The number of nitrogens with one attached hydrogen (secondary N) is 1. The lowest BCUT2D eigenvalue weighted by molar-refractivity contribution is -0.137. The zero-order valence-electron chi connectivity index (χ0n) is 12.8. The van der Waals surface area contributed by atoms with Gasteiger partial charge >= 0.3 is 12.1 Å². The Morgan fingerprint density at radius 2 is 1.85 bits per heavy atom. The molecule has 6 nitrogen and oxygen atoms in total. The van der Waals surface area contributed by atoms with Crippen LogP contribution in [0.1, 0.15) is 59.8 Å². The van der Waals surface area contributed by atoms with Crippen LogP contribution in [0.4, 0.5) is 4.79 Å². The predicted molar refractivity (Wildman–Crippen MR) is 75.6 cm³/mol. The largest absolute Gasteiger partial charge is 0.481 e. The Balaban J connectivity index is 4.46. The number of amides is 1. The standard InChI is InChI=1S/C14H27NO5/c1-5-6-7-10(11(16)8-9-12(17)18)15-13(19)20-14(2,3)4/h10-11,16H,5-9H2,1-4H3,(H,15,19)(H,17,18)/t10-,11-/m1/s1. The van der Waals surface area contributed by atoms with Crippen molar-refractivity contribution in [2.75, 3.05) is 0 Å². The van der Waals surface area contributed by atoms with Crippen molar-refractivity contribution in [3.8, 4) is 0 Å². The summed E-state index contributed by atoms with van der Waals surface area (Å²) < 4.78 is 5.15. The van der Waals surface area contributed by atoms with Crippen molar-refractivity contribution in [2.24, 2.45) is 0 Å². The van der Waals surface area contributed by atoms with Gasteiger partial charge in [-0.3, -0.25) is 4.79 Å². The van der Waals surface area contributed by atoms with Gasteiger partial charge in [0.15, 0.2) is 0 Å². The highest BCUT2D eigenvalue weighted by Gasteiger charge is 2.24. The Labute approximate surface area is 120 Å². The molecule has 0 aromatic rings. The van der Waals surface area contributed by atoms with E-state index in [9.17, 15) is 14.7 Å². The van der Waals surface area contributed by atoms with Crippen LogP contribution >= 0.6 is 0 Å². The average Bonchev–Trinajstić information content (AvgIpc) is 2.28. The highest BCUT2D eigenvalue weighted by Crippen LogP contribution is 2.12. The number of aliphatic hydroxyl groups is 1. The van der Waals surface area contributed by atoms with Gasteiger partial charge in [0, 0.05) is 6.42 Å². The summed E-state index contributed by atoms with van der Waals surface area (Å²) in [4.78, 5) is 22.2. The van der Waals surface area contributed by atoms with Crippen LogP contribution in [-0.4, -0.2) is 40.0 Å². The van der Waals surface area contributed by atoms with Gasteiger partial charge in [-0.2, -0.15) is 0 Å². The number of ether oxygens (including phenoxy) is 1. The smallest absolute Gasteiger partial charge is 0.407 e. The molecule has 0 fully saturated rings. The van der Waals surface area contributed by atoms with Crippen LogP contribution in [0.15, 0.2) is 0 Å². The third kappa shape index (κ3) is 9.61. The number of carbonyl (C=O) groups is 2. The number of aliphatic hydroxyl groups excluding tert-OH is 1. The highest BCUT2D eigenvalue weighted by molar-refractivity contribution is 5.68. The summed E-state index contributed by atoms with van der Waals surface area (Å²) in [5.41, 5.74) is -0.606. The molecule has 0 saturated heterocycles. The summed E-state index contributed by atoms with van der Waals surface area (Å²) in [5, 5.41) is 21.3. The van der Waals surface area contributed by atoms with E-state index in [-0.39, 0.29) is 12.8 Å². The Hall–Kier alpha value is -1.30. The lowest BCUT2D eigenvalue weighted by Crippen LogP contribution is -2.45. The molecule has 0 unspecified atom stereocenters. The lowest BCUT2D eigenvalue weighted by atomic mass is 10.0. The first-order valence-electron chi connectivity index (χ1n) is 7.05. The van der Waals surface area contributed by atoms with Crippen molar-refractivity contribution in [3.63, 3.8) is 0 Å². The van der Waals surface area contributed by atoms with Gasteiger partial charge in [-0.1, -0.05) is 19.8 Å². The first-order chi connectivity index (χ1) is 9.15. The van der Waals surface area contributed by atoms with Gasteiger partial charge in [-0.05, 0) is 33.6 Å². The second-order valence-electron chi connectivity index (χ2n) is 5.89. The molecule has 0 aromatic carbocycles. The number of aliphatic carboxylic acids is 1. The molecule has 2 atom stereocenters. The van der Waals surface area contributed by atoms with Gasteiger partial charge in [0.1, 0.15) is 5.60 Å². The van der Waals surface area contributed by atoms with Crippen LogP contribution in [0.5, 0.6) is 0 Å². The first kappa shape index (κ1) is 18.7. The van der Waals surface area contributed by atoms with E-state index in [0.29, 0.717) is 6.42 Å². The second kappa shape index (κ2) is 8.79. The Morgan fingerprint density at radius 3 is 2.30 bits per heavy atom. The zero-order valence-corrected chi connectivity index (χ0v) is 12.8. The molecule has 0 radical (unpaired) electrons. The Morgan fingerprint density at radius 1 is 1.25 bits per heavy atom. The lowest BCUT2D eigenvalue weighted by Gasteiger charge is -2.26. The monoisotopic (exact) mass is 289 g/mol. The average molecular weight is 289 g/mol. The second-order valence-corrected chi connectivity index (χ2v) is 5.89. The number of hydrogen-bond donors (Lipinski definition) is 3. The van der Waals surface area contributed by atoms with Gasteiger partial charge in [0.05, 0.1) is 12.1 Å². The Kier molecular flexibility index (Phi) is 8.22.